The average molecular weight is 251 g/mol. The Kier molecular flexibility index (Phi) is 4.79. The molecule has 1 aromatic carbocycles. The van der Waals surface area contributed by atoms with E-state index in [9.17, 15) is 14.9 Å². The minimum absolute atomic E-state index is 0.000669. The van der Waals surface area contributed by atoms with Crippen molar-refractivity contribution >= 4 is 17.3 Å². The first-order chi connectivity index (χ1) is 8.47. The normalized spacial score (nSPS) is 11.9. The van der Waals surface area contributed by atoms with Gasteiger partial charge in [-0.2, -0.15) is 0 Å². The lowest BCUT2D eigenvalue weighted by Gasteiger charge is -2.12. The lowest BCUT2D eigenvalue weighted by molar-refractivity contribution is -0.385. The van der Waals surface area contributed by atoms with Crippen LogP contribution in [0.1, 0.15) is 18.9 Å². The van der Waals surface area contributed by atoms with E-state index in [1.807, 2.05) is 0 Å². The van der Waals surface area contributed by atoms with Crippen LogP contribution in [0.5, 0.6) is 0 Å². The molecule has 1 unspecified atom stereocenters. The summed E-state index contributed by atoms with van der Waals surface area (Å²) in [6, 6.07) is 4.61. The Morgan fingerprint density at radius 1 is 1.56 bits per heavy atom. The zero-order valence-corrected chi connectivity index (χ0v) is 10.5. The Morgan fingerprint density at radius 2 is 2.22 bits per heavy atom. The molecule has 0 heterocycles. The molecule has 0 aromatic heterocycles. The summed E-state index contributed by atoms with van der Waals surface area (Å²) < 4.78 is 0. The molecule has 3 N–H and O–H groups in total. The van der Waals surface area contributed by atoms with Gasteiger partial charge in [-0.05, 0) is 26.0 Å². The number of nitro benzene ring substituents is 1. The van der Waals surface area contributed by atoms with Crippen LogP contribution in [0, 0.1) is 23.0 Å². The highest BCUT2D eigenvalue weighted by Gasteiger charge is 2.17. The molecule has 6 heteroatoms. The molecule has 6 nitrogen and oxygen atoms in total. The van der Waals surface area contributed by atoms with E-state index in [2.05, 4.69) is 5.32 Å². The third-order valence-electron chi connectivity index (χ3n) is 2.81. The van der Waals surface area contributed by atoms with Crippen molar-refractivity contribution in [2.75, 3.05) is 11.9 Å². The first-order valence-electron chi connectivity index (χ1n) is 5.72. The summed E-state index contributed by atoms with van der Waals surface area (Å²) in [6.07, 6.45) is 0.583. The van der Waals surface area contributed by atoms with Crippen molar-refractivity contribution in [2.24, 2.45) is 11.7 Å². The molecule has 18 heavy (non-hydrogen) atoms. The number of nitrogens with one attached hydrogen (secondary N) is 1. The number of carbonyl (C=O) groups excluding carboxylic acids is 1. The Hall–Kier alpha value is -1.95. The number of amides is 1. The fourth-order valence-corrected chi connectivity index (χ4v) is 1.59. The van der Waals surface area contributed by atoms with Gasteiger partial charge in [0.05, 0.1) is 16.2 Å². The zero-order valence-electron chi connectivity index (χ0n) is 10.5. The fourth-order valence-electron chi connectivity index (χ4n) is 1.59. The molecule has 0 fully saturated rings. The molecule has 1 atom stereocenters. The molecular weight excluding hydrogens is 234 g/mol. The fraction of sp³-hybridized carbons (Fsp3) is 0.417. The van der Waals surface area contributed by atoms with Gasteiger partial charge in [-0.3, -0.25) is 14.9 Å². The van der Waals surface area contributed by atoms with E-state index in [1.165, 1.54) is 6.07 Å². The lowest BCUT2D eigenvalue weighted by atomic mass is 10.1. The van der Waals surface area contributed by atoms with Crippen molar-refractivity contribution in [3.63, 3.8) is 0 Å². The number of hydrogen-bond acceptors (Lipinski definition) is 4. The van der Waals surface area contributed by atoms with E-state index in [0.29, 0.717) is 24.2 Å². The molecule has 0 aliphatic rings. The minimum atomic E-state index is -0.464. The second-order valence-corrected chi connectivity index (χ2v) is 4.17. The highest BCUT2D eigenvalue weighted by atomic mass is 16.6. The Labute approximate surface area is 105 Å². The molecule has 1 aromatic rings. The van der Waals surface area contributed by atoms with Gasteiger partial charge in [-0.1, -0.05) is 13.0 Å². The van der Waals surface area contributed by atoms with Gasteiger partial charge >= 0.3 is 0 Å². The van der Waals surface area contributed by atoms with Crippen molar-refractivity contribution in [3.05, 3.63) is 33.9 Å². The van der Waals surface area contributed by atoms with Gasteiger partial charge in [-0.15, -0.1) is 0 Å². The predicted molar refractivity (Wildman–Crippen MR) is 69.3 cm³/mol. The maximum Gasteiger partial charge on any atom is 0.274 e. The standard InChI is InChI=1S/C12H17N3O3/c1-8(6-7-13)12(16)14-10-4-3-5-11(9(10)2)15(17)18/h3-5,8H,6-7,13H2,1-2H3,(H,14,16). The Bertz CT molecular complexity index is 460. The number of nitro groups is 1. The average Bonchev–Trinajstić information content (AvgIpc) is 2.31. The van der Waals surface area contributed by atoms with Crippen LogP contribution in [0.4, 0.5) is 11.4 Å². The van der Waals surface area contributed by atoms with Crippen LogP contribution in [0.3, 0.4) is 0 Å². The van der Waals surface area contributed by atoms with Crippen LogP contribution in [0.25, 0.3) is 0 Å². The van der Waals surface area contributed by atoms with Gasteiger partial charge < -0.3 is 11.1 Å². The van der Waals surface area contributed by atoms with Gasteiger partial charge in [0, 0.05) is 12.0 Å². The molecule has 0 radical (unpaired) electrons. The molecule has 1 rings (SSSR count). The molecule has 0 spiro atoms. The van der Waals surface area contributed by atoms with Gasteiger partial charge in [0.2, 0.25) is 5.91 Å². The third kappa shape index (κ3) is 3.27. The van der Waals surface area contributed by atoms with Gasteiger partial charge in [0.25, 0.3) is 5.69 Å². The van der Waals surface area contributed by atoms with Crippen molar-refractivity contribution in [1.29, 1.82) is 0 Å². The molecule has 1 amide bonds. The minimum Gasteiger partial charge on any atom is -0.330 e. The molecule has 0 aliphatic carbocycles. The second-order valence-electron chi connectivity index (χ2n) is 4.17. The lowest BCUT2D eigenvalue weighted by Crippen LogP contribution is -2.23. The summed E-state index contributed by atoms with van der Waals surface area (Å²) in [5.41, 5.74) is 6.31. The summed E-state index contributed by atoms with van der Waals surface area (Å²) in [5.74, 6) is -0.391. The molecule has 0 aliphatic heterocycles. The smallest absolute Gasteiger partial charge is 0.274 e. The molecular formula is C12H17N3O3. The number of rotatable bonds is 5. The van der Waals surface area contributed by atoms with Crippen LogP contribution < -0.4 is 11.1 Å². The Morgan fingerprint density at radius 3 is 2.78 bits per heavy atom. The highest BCUT2D eigenvalue weighted by molar-refractivity contribution is 5.93. The number of nitrogens with zero attached hydrogens (tertiary/aromatic N) is 1. The number of anilines is 1. The summed E-state index contributed by atoms with van der Waals surface area (Å²) >= 11 is 0. The summed E-state index contributed by atoms with van der Waals surface area (Å²) in [4.78, 5) is 22.1. The van der Waals surface area contributed by atoms with E-state index >= 15 is 0 Å². The number of carbonyl (C=O) groups is 1. The van der Waals surface area contributed by atoms with Gasteiger partial charge in [0.15, 0.2) is 0 Å². The summed E-state index contributed by atoms with van der Waals surface area (Å²) in [7, 11) is 0. The van der Waals surface area contributed by atoms with Crippen molar-refractivity contribution < 1.29 is 9.72 Å². The first-order valence-corrected chi connectivity index (χ1v) is 5.72. The van der Waals surface area contributed by atoms with Crippen LogP contribution in [-0.2, 0) is 4.79 Å². The molecule has 0 bridgehead atoms. The van der Waals surface area contributed by atoms with Crippen LogP contribution >= 0.6 is 0 Å². The first kappa shape index (κ1) is 14.1. The largest absolute Gasteiger partial charge is 0.330 e. The number of benzene rings is 1. The summed E-state index contributed by atoms with van der Waals surface area (Å²) in [6.45, 7) is 3.82. The molecule has 98 valence electrons. The molecule has 0 saturated heterocycles. The van der Waals surface area contributed by atoms with Gasteiger partial charge in [0.1, 0.15) is 0 Å². The van der Waals surface area contributed by atoms with E-state index in [-0.39, 0.29) is 17.5 Å². The second kappa shape index (κ2) is 6.11. The SMILES string of the molecule is Cc1c(NC(=O)C(C)CCN)cccc1[N+](=O)[O-]. The maximum atomic E-state index is 11.8. The van der Waals surface area contributed by atoms with Crippen LogP contribution in [-0.4, -0.2) is 17.4 Å². The summed E-state index contributed by atoms with van der Waals surface area (Å²) in [5, 5.41) is 13.5. The quantitative estimate of drug-likeness (QED) is 0.616. The third-order valence-corrected chi connectivity index (χ3v) is 2.81. The van der Waals surface area contributed by atoms with Crippen LogP contribution in [0.15, 0.2) is 18.2 Å². The van der Waals surface area contributed by atoms with Gasteiger partial charge in [-0.25, -0.2) is 0 Å². The Balaban J connectivity index is 2.88. The molecule has 0 saturated carbocycles. The van der Waals surface area contributed by atoms with Crippen molar-refractivity contribution in [3.8, 4) is 0 Å². The number of nitrogens with two attached hydrogens (primary N) is 1. The van der Waals surface area contributed by atoms with E-state index in [1.54, 1.807) is 26.0 Å². The van der Waals surface area contributed by atoms with E-state index in [0.717, 1.165) is 0 Å². The number of hydrogen-bond donors (Lipinski definition) is 2. The maximum absolute atomic E-state index is 11.8. The topological polar surface area (TPSA) is 98.3 Å². The monoisotopic (exact) mass is 251 g/mol. The zero-order chi connectivity index (χ0) is 13.7. The predicted octanol–water partition coefficient (Wildman–Crippen LogP) is 1.83. The highest BCUT2D eigenvalue weighted by Crippen LogP contribution is 2.25. The van der Waals surface area contributed by atoms with Crippen LogP contribution in [0.2, 0.25) is 0 Å². The van der Waals surface area contributed by atoms with E-state index in [4.69, 9.17) is 5.73 Å². The van der Waals surface area contributed by atoms with Crippen molar-refractivity contribution in [1.82, 2.24) is 0 Å². The van der Waals surface area contributed by atoms with E-state index < -0.39 is 4.92 Å². The van der Waals surface area contributed by atoms with Crippen molar-refractivity contribution in [2.45, 2.75) is 20.3 Å².